The monoisotopic (exact) mass is 289 g/mol. The Balaban J connectivity index is 4.91. The maximum atomic E-state index is 11.6. The summed E-state index contributed by atoms with van der Waals surface area (Å²) >= 11 is 0. The highest BCUT2D eigenvalue weighted by atomic mass is 16.5. The Morgan fingerprint density at radius 2 is 1.38 bits per heavy atom. The number of ether oxygens (including phenoxy) is 3. The molecule has 0 spiro atoms. The van der Waals surface area contributed by atoms with Crippen LogP contribution in [0.15, 0.2) is 12.7 Å². The van der Waals surface area contributed by atoms with Crippen molar-refractivity contribution in [3.63, 3.8) is 0 Å². The molecule has 0 saturated carbocycles. The van der Waals surface area contributed by atoms with Crippen molar-refractivity contribution < 1.29 is 19.0 Å². The Labute approximate surface area is 126 Å². The van der Waals surface area contributed by atoms with Gasteiger partial charge in [-0.1, -0.05) is 24.3 Å². The van der Waals surface area contributed by atoms with Crippen LogP contribution in [0.4, 0.5) is 0 Å². The summed E-state index contributed by atoms with van der Waals surface area (Å²) in [5.41, 5.74) is -0.949. The lowest BCUT2D eigenvalue weighted by Gasteiger charge is -2.33. The number of nitrogens with one attached hydrogen (secondary N) is 1. The zero-order valence-corrected chi connectivity index (χ0v) is 11.9. The van der Waals surface area contributed by atoms with Crippen molar-refractivity contribution in [3.05, 3.63) is 12.7 Å². The molecule has 0 aliphatic rings. The summed E-state index contributed by atoms with van der Waals surface area (Å²) in [6, 6.07) is 0. The lowest BCUT2D eigenvalue weighted by molar-refractivity contribution is -0.122. The van der Waals surface area contributed by atoms with E-state index in [0.717, 1.165) is 6.08 Å². The molecule has 0 aromatic carbocycles. The second-order valence-corrected chi connectivity index (χ2v) is 4.06. The topological polar surface area (TPSA) is 56.8 Å². The first-order valence-corrected chi connectivity index (χ1v) is 6.12. The van der Waals surface area contributed by atoms with Crippen molar-refractivity contribution >= 4 is 5.91 Å². The van der Waals surface area contributed by atoms with Gasteiger partial charge >= 0.3 is 0 Å². The zero-order valence-electron chi connectivity index (χ0n) is 11.9. The van der Waals surface area contributed by atoms with Gasteiger partial charge in [-0.15, -0.1) is 19.3 Å². The molecule has 0 aliphatic heterocycles. The van der Waals surface area contributed by atoms with Crippen molar-refractivity contribution in [3.8, 4) is 37.0 Å². The summed E-state index contributed by atoms with van der Waals surface area (Å²) in [6.45, 7) is 3.95. The van der Waals surface area contributed by atoms with Gasteiger partial charge in [0.2, 0.25) is 5.91 Å². The molecular weight excluding hydrogens is 270 g/mol. The molecule has 0 bridgehead atoms. The fourth-order valence-electron chi connectivity index (χ4n) is 1.46. The van der Waals surface area contributed by atoms with E-state index in [-0.39, 0.29) is 39.6 Å². The third-order valence-corrected chi connectivity index (χ3v) is 2.27. The lowest BCUT2D eigenvalue weighted by Crippen LogP contribution is -2.58. The van der Waals surface area contributed by atoms with E-state index in [1.807, 2.05) is 0 Å². The normalized spacial score (nSPS) is 9.95. The van der Waals surface area contributed by atoms with Crippen LogP contribution in [0.5, 0.6) is 0 Å². The molecule has 0 aliphatic carbocycles. The van der Waals surface area contributed by atoms with E-state index < -0.39 is 11.4 Å². The predicted molar refractivity (Wildman–Crippen MR) is 80.0 cm³/mol. The van der Waals surface area contributed by atoms with E-state index in [2.05, 4.69) is 29.7 Å². The van der Waals surface area contributed by atoms with Crippen LogP contribution in [0.2, 0.25) is 0 Å². The van der Waals surface area contributed by atoms with Gasteiger partial charge < -0.3 is 19.5 Å². The maximum Gasteiger partial charge on any atom is 0.244 e. The zero-order chi connectivity index (χ0) is 16.0. The molecule has 0 unspecified atom stereocenters. The number of amides is 1. The Hall–Kier alpha value is -2.23. The molecule has 0 saturated heterocycles. The molecule has 5 nitrogen and oxygen atoms in total. The van der Waals surface area contributed by atoms with Gasteiger partial charge in [0.05, 0.1) is 19.8 Å². The summed E-state index contributed by atoms with van der Waals surface area (Å²) in [5.74, 6) is 6.63. The molecule has 0 atom stereocenters. The minimum Gasteiger partial charge on any atom is -0.366 e. The van der Waals surface area contributed by atoms with Crippen molar-refractivity contribution in [2.24, 2.45) is 0 Å². The van der Waals surface area contributed by atoms with Crippen LogP contribution in [0.1, 0.15) is 0 Å². The number of hydrogen-bond donors (Lipinski definition) is 1. The Morgan fingerprint density at radius 3 is 1.67 bits per heavy atom. The summed E-state index contributed by atoms with van der Waals surface area (Å²) in [4.78, 5) is 11.6. The summed E-state index contributed by atoms with van der Waals surface area (Å²) < 4.78 is 15.9. The Bertz CT molecular complexity index is 400. The number of terminal acetylenes is 3. The fraction of sp³-hybridized carbons (Fsp3) is 0.438. The summed E-state index contributed by atoms with van der Waals surface area (Å²) in [5, 5.41) is 2.72. The molecule has 0 rings (SSSR count). The van der Waals surface area contributed by atoms with Crippen LogP contribution in [0.3, 0.4) is 0 Å². The molecule has 0 heterocycles. The van der Waals surface area contributed by atoms with Gasteiger partial charge in [0, 0.05) is 0 Å². The molecule has 0 fully saturated rings. The molecule has 21 heavy (non-hydrogen) atoms. The third-order valence-electron chi connectivity index (χ3n) is 2.27. The van der Waals surface area contributed by atoms with Crippen molar-refractivity contribution in [1.29, 1.82) is 0 Å². The Kier molecular flexibility index (Phi) is 10.4. The molecule has 1 N–H and O–H groups in total. The highest BCUT2D eigenvalue weighted by molar-refractivity contribution is 5.87. The van der Waals surface area contributed by atoms with Gasteiger partial charge in [-0.25, -0.2) is 0 Å². The maximum absolute atomic E-state index is 11.6. The number of rotatable bonds is 11. The first-order chi connectivity index (χ1) is 10.1. The highest BCUT2D eigenvalue weighted by Gasteiger charge is 2.33. The van der Waals surface area contributed by atoms with Crippen molar-refractivity contribution in [1.82, 2.24) is 5.32 Å². The molecular formula is C16H19NO4. The van der Waals surface area contributed by atoms with Crippen LogP contribution in [-0.2, 0) is 19.0 Å². The van der Waals surface area contributed by atoms with Gasteiger partial charge in [0.25, 0.3) is 0 Å². The van der Waals surface area contributed by atoms with E-state index in [0.29, 0.717) is 0 Å². The van der Waals surface area contributed by atoms with Crippen LogP contribution in [-0.4, -0.2) is 51.1 Å². The number of carbonyl (C=O) groups excluding carboxylic acids is 1. The van der Waals surface area contributed by atoms with E-state index in [4.69, 9.17) is 33.5 Å². The molecule has 0 aromatic heterocycles. The van der Waals surface area contributed by atoms with E-state index in [1.54, 1.807) is 0 Å². The van der Waals surface area contributed by atoms with Crippen LogP contribution >= 0.6 is 0 Å². The summed E-state index contributed by atoms with van der Waals surface area (Å²) in [6.07, 6.45) is 16.5. The summed E-state index contributed by atoms with van der Waals surface area (Å²) in [7, 11) is 0. The largest absolute Gasteiger partial charge is 0.366 e. The van der Waals surface area contributed by atoms with E-state index in [1.165, 1.54) is 0 Å². The first-order valence-electron chi connectivity index (χ1n) is 6.12. The van der Waals surface area contributed by atoms with E-state index in [9.17, 15) is 4.79 Å². The van der Waals surface area contributed by atoms with Crippen LogP contribution in [0, 0.1) is 37.0 Å². The van der Waals surface area contributed by atoms with Gasteiger partial charge in [0.1, 0.15) is 25.4 Å². The van der Waals surface area contributed by atoms with Gasteiger partial charge in [-0.2, -0.15) is 0 Å². The quantitative estimate of drug-likeness (QED) is 0.330. The van der Waals surface area contributed by atoms with Crippen molar-refractivity contribution in [2.75, 3.05) is 39.6 Å². The van der Waals surface area contributed by atoms with Gasteiger partial charge in [-0.3, -0.25) is 4.79 Å². The van der Waals surface area contributed by atoms with Crippen molar-refractivity contribution in [2.45, 2.75) is 5.54 Å². The average molecular weight is 289 g/mol. The minimum absolute atomic E-state index is 0.0892. The van der Waals surface area contributed by atoms with Gasteiger partial charge in [-0.05, 0) is 6.08 Å². The Morgan fingerprint density at radius 1 is 1.00 bits per heavy atom. The van der Waals surface area contributed by atoms with Crippen LogP contribution in [0.25, 0.3) is 0 Å². The molecule has 0 aromatic rings. The fourth-order valence-corrected chi connectivity index (χ4v) is 1.46. The average Bonchev–Trinajstić information content (AvgIpc) is 2.48. The third kappa shape index (κ3) is 8.52. The predicted octanol–water partition coefficient (Wildman–Crippen LogP) is -0.0232. The van der Waals surface area contributed by atoms with Crippen LogP contribution < -0.4 is 5.32 Å². The SMILES string of the molecule is C#CCOCC(COCC#C)(COCC#C)NC(=O)C=C. The van der Waals surface area contributed by atoms with Gasteiger partial charge in [0.15, 0.2) is 0 Å². The highest BCUT2D eigenvalue weighted by Crippen LogP contribution is 2.09. The van der Waals surface area contributed by atoms with E-state index >= 15 is 0 Å². The smallest absolute Gasteiger partial charge is 0.244 e. The minimum atomic E-state index is -0.949. The molecule has 112 valence electrons. The number of hydrogen-bond acceptors (Lipinski definition) is 4. The lowest BCUT2D eigenvalue weighted by atomic mass is 10.0. The molecule has 0 radical (unpaired) electrons. The standard InChI is InChI=1S/C16H19NO4/c1-5-9-19-12-16(13-20-10-6-2,14-21-11-7-3)17-15(18)8-4/h1-3,8H,4,9-14H2,(H,17,18). The molecule has 5 heteroatoms. The second-order valence-electron chi connectivity index (χ2n) is 4.06. The second kappa shape index (κ2) is 11.6. The number of carbonyl (C=O) groups is 1. The first kappa shape index (κ1) is 18.8. The molecule has 1 amide bonds.